The second-order valence-electron chi connectivity index (χ2n) is 4.33. The zero-order valence-electron chi connectivity index (χ0n) is 10.7. The predicted molar refractivity (Wildman–Crippen MR) is 69.1 cm³/mol. The Labute approximate surface area is 107 Å². The van der Waals surface area contributed by atoms with Crippen molar-refractivity contribution >= 4 is 0 Å². The molecule has 0 unspecified atom stereocenters. The van der Waals surface area contributed by atoms with E-state index in [9.17, 15) is 5.11 Å². The van der Waals surface area contributed by atoms with Crippen LogP contribution in [0.15, 0.2) is 34.9 Å². The summed E-state index contributed by atoms with van der Waals surface area (Å²) in [7, 11) is 0. The molecule has 0 bridgehead atoms. The Morgan fingerprint density at radius 1 is 1.28 bits per heavy atom. The molecule has 2 aromatic rings. The van der Waals surface area contributed by atoms with Gasteiger partial charge < -0.3 is 14.9 Å². The molecule has 1 heterocycles. The number of benzene rings is 1. The molecule has 0 saturated carbocycles. The molecule has 0 aliphatic carbocycles. The van der Waals surface area contributed by atoms with Gasteiger partial charge in [0.25, 0.3) is 0 Å². The molecule has 0 aliphatic rings. The SMILES string of the molecule is Cc1noc(C)c1CN[C@@H](CO)c1ccccc1. The summed E-state index contributed by atoms with van der Waals surface area (Å²) in [6, 6.07) is 9.83. The average molecular weight is 246 g/mol. The maximum atomic E-state index is 9.45. The Hall–Kier alpha value is -1.65. The Morgan fingerprint density at radius 3 is 2.56 bits per heavy atom. The lowest BCUT2D eigenvalue weighted by Gasteiger charge is -2.16. The standard InChI is InChI=1S/C14H18N2O2/c1-10-13(11(2)18-16-10)8-15-14(9-17)12-6-4-3-5-7-12/h3-7,14-15,17H,8-9H2,1-2H3/t14-/m0/s1. The molecule has 0 radical (unpaired) electrons. The zero-order valence-corrected chi connectivity index (χ0v) is 10.7. The quantitative estimate of drug-likeness (QED) is 0.848. The number of nitrogens with zero attached hydrogens (tertiary/aromatic N) is 1. The van der Waals surface area contributed by atoms with Crippen LogP contribution in [-0.4, -0.2) is 16.9 Å². The van der Waals surface area contributed by atoms with Crippen LogP contribution in [0.2, 0.25) is 0 Å². The number of aliphatic hydroxyl groups excluding tert-OH is 1. The molecule has 0 amide bonds. The Bertz CT molecular complexity index is 474. The highest BCUT2D eigenvalue weighted by Crippen LogP contribution is 2.16. The van der Waals surface area contributed by atoms with Crippen LogP contribution in [0.3, 0.4) is 0 Å². The Kier molecular flexibility index (Phi) is 4.12. The van der Waals surface area contributed by atoms with Gasteiger partial charge in [-0.2, -0.15) is 0 Å². The van der Waals surface area contributed by atoms with Crippen LogP contribution in [0.25, 0.3) is 0 Å². The number of nitrogens with one attached hydrogen (secondary N) is 1. The lowest BCUT2D eigenvalue weighted by molar-refractivity contribution is 0.243. The highest BCUT2D eigenvalue weighted by molar-refractivity contribution is 5.22. The Balaban J connectivity index is 2.04. The molecule has 18 heavy (non-hydrogen) atoms. The average Bonchev–Trinajstić information content (AvgIpc) is 2.72. The summed E-state index contributed by atoms with van der Waals surface area (Å²) in [6.07, 6.45) is 0. The van der Waals surface area contributed by atoms with Crippen LogP contribution in [0.4, 0.5) is 0 Å². The first-order valence-corrected chi connectivity index (χ1v) is 6.03. The number of rotatable bonds is 5. The zero-order chi connectivity index (χ0) is 13.0. The first kappa shape index (κ1) is 12.8. The normalized spacial score (nSPS) is 12.6. The van der Waals surface area contributed by atoms with E-state index in [2.05, 4.69) is 10.5 Å². The van der Waals surface area contributed by atoms with Crippen molar-refractivity contribution in [3.05, 3.63) is 52.9 Å². The lowest BCUT2D eigenvalue weighted by atomic mass is 10.1. The molecule has 96 valence electrons. The summed E-state index contributed by atoms with van der Waals surface area (Å²) in [6.45, 7) is 4.52. The third-order valence-electron chi connectivity index (χ3n) is 3.09. The van der Waals surface area contributed by atoms with Crippen LogP contribution < -0.4 is 5.32 Å². The minimum atomic E-state index is -0.0695. The second kappa shape index (κ2) is 5.80. The summed E-state index contributed by atoms with van der Waals surface area (Å²) in [5, 5.41) is 16.7. The molecule has 0 fully saturated rings. The molecule has 2 rings (SSSR count). The van der Waals surface area contributed by atoms with Crippen LogP contribution in [0, 0.1) is 13.8 Å². The largest absolute Gasteiger partial charge is 0.394 e. The van der Waals surface area contributed by atoms with Gasteiger partial charge >= 0.3 is 0 Å². The van der Waals surface area contributed by atoms with Gasteiger partial charge in [0.1, 0.15) is 5.76 Å². The Morgan fingerprint density at radius 2 is 2.00 bits per heavy atom. The van der Waals surface area contributed by atoms with Gasteiger partial charge in [-0.05, 0) is 19.4 Å². The summed E-state index contributed by atoms with van der Waals surface area (Å²) in [4.78, 5) is 0. The first-order chi connectivity index (χ1) is 8.72. The monoisotopic (exact) mass is 246 g/mol. The maximum Gasteiger partial charge on any atom is 0.138 e. The van der Waals surface area contributed by atoms with E-state index in [1.165, 1.54) is 0 Å². The molecule has 4 nitrogen and oxygen atoms in total. The van der Waals surface area contributed by atoms with Gasteiger partial charge in [-0.15, -0.1) is 0 Å². The highest BCUT2D eigenvalue weighted by Gasteiger charge is 2.13. The molecule has 0 spiro atoms. The fourth-order valence-electron chi connectivity index (χ4n) is 1.95. The van der Waals surface area contributed by atoms with Crippen LogP contribution in [0.5, 0.6) is 0 Å². The minimum Gasteiger partial charge on any atom is -0.394 e. The second-order valence-corrected chi connectivity index (χ2v) is 4.33. The van der Waals surface area contributed by atoms with Gasteiger partial charge in [0.05, 0.1) is 18.3 Å². The van der Waals surface area contributed by atoms with E-state index in [-0.39, 0.29) is 12.6 Å². The van der Waals surface area contributed by atoms with Crippen molar-refractivity contribution in [1.29, 1.82) is 0 Å². The van der Waals surface area contributed by atoms with Gasteiger partial charge in [0.2, 0.25) is 0 Å². The number of aryl methyl sites for hydroxylation is 2. The van der Waals surface area contributed by atoms with Crippen molar-refractivity contribution in [1.82, 2.24) is 10.5 Å². The number of aliphatic hydroxyl groups is 1. The molecule has 0 saturated heterocycles. The van der Waals surface area contributed by atoms with E-state index < -0.39 is 0 Å². The maximum absolute atomic E-state index is 9.45. The minimum absolute atomic E-state index is 0.0629. The summed E-state index contributed by atoms with van der Waals surface area (Å²) in [5.74, 6) is 0.824. The molecular formula is C14H18N2O2. The van der Waals surface area contributed by atoms with Gasteiger partial charge in [-0.25, -0.2) is 0 Å². The highest BCUT2D eigenvalue weighted by atomic mass is 16.5. The third-order valence-corrected chi connectivity index (χ3v) is 3.09. The van der Waals surface area contributed by atoms with Crippen molar-refractivity contribution in [2.75, 3.05) is 6.61 Å². The number of hydrogen-bond acceptors (Lipinski definition) is 4. The van der Waals surface area contributed by atoms with Gasteiger partial charge in [-0.3, -0.25) is 0 Å². The van der Waals surface area contributed by atoms with E-state index in [1.807, 2.05) is 44.2 Å². The predicted octanol–water partition coefficient (Wildman–Crippen LogP) is 2.11. The lowest BCUT2D eigenvalue weighted by Crippen LogP contribution is -2.24. The molecule has 2 N–H and O–H groups in total. The summed E-state index contributed by atoms with van der Waals surface area (Å²) >= 11 is 0. The molecule has 4 heteroatoms. The number of hydrogen-bond donors (Lipinski definition) is 2. The molecule has 0 aliphatic heterocycles. The summed E-state index contributed by atoms with van der Waals surface area (Å²) in [5.41, 5.74) is 3.03. The molecule has 1 aromatic carbocycles. The van der Waals surface area contributed by atoms with E-state index in [0.29, 0.717) is 6.54 Å². The number of aromatic nitrogens is 1. The van der Waals surface area contributed by atoms with Crippen molar-refractivity contribution in [3.63, 3.8) is 0 Å². The third kappa shape index (κ3) is 2.78. The van der Waals surface area contributed by atoms with E-state index in [0.717, 1.165) is 22.6 Å². The van der Waals surface area contributed by atoms with Gasteiger partial charge in [-0.1, -0.05) is 35.5 Å². The van der Waals surface area contributed by atoms with Crippen molar-refractivity contribution in [2.24, 2.45) is 0 Å². The smallest absolute Gasteiger partial charge is 0.138 e. The van der Waals surface area contributed by atoms with Crippen molar-refractivity contribution in [3.8, 4) is 0 Å². The molecule has 1 aromatic heterocycles. The van der Waals surface area contributed by atoms with Crippen molar-refractivity contribution < 1.29 is 9.63 Å². The first-order valence-electron chi connectivity index (χ1n) is 6.03. The van der Waals surface area contributed by atoms with Gasteiger partial charge in [0, 0.05) is 12.1 Å². The van der Waals surface area contributed by atoms with Crippen molar-refractivity contribution in [2.45, 2.75) is 26.4 Å². The van der Waals surface area contributed by atoms with E-state index in [1.54, 1.807) is 0 Å². The fraction of sp³-hybridized carbons (Fsp3) is 0.357. The topological polar surface area (TPSA) is 58.3 Å². The summed E-state index contributed by atoms with van der Waals surface area (Å²) < 4.78 is 5.11. The van der Waals surface area contributed by atoms with Crippen LogP contribution in [-0.2, 0) is 6.54 Å². The van der Waals surface area contributed by atoms with E-state index >= 15 is 0 Å². The van der Waals surface area contributed by atoms with Crippen LogP contribution >= 0.6 is 0 Å². The molecular weight excluding hydrogens is 228 g/mol. The van der Waals surface area contributed by atoms with E-state index in [4.69, 9.17) is 4.52 Å². The fourth-order valence-corrected chi connectivity index (χ4v) is 1.95. The molecule has 1 atom stereocenters. The van der Waals surface area contributed by atoms with Crippen LogP contribution in [0.1, 0.15) is 28.6 Å². The van der Waals surface area contributed by atoms with Gasteiger partial charge in [0.15, 0.2) is 0 Å².